The summed E-state index contributed by atoms with van der Waals surface area (Å²) in [5, 5.41) is 19.0. The van der Waals surface area contributed by atoms with Gasteiger partial charge in [0.1, 0.15) is 0 Å². The van der Waals surface area contributed by atoms with Gasteiger partial charge in [0.05, 0.1) is 11.7 Å². The molecule has 0 saturated carbocycles. The molecular formula is C8H19O2P. The van der Waals surface area contributed by atoms with Crippen molar-refractivity contribution in [2.45, 2.75) is 45.3 Å². The molecule has 0 aliphatic heterocycles. The Labute approximate surface area is 70.4 Å². The summed E-state index contributed by atoms with van der Waals surface area (Å²) in [7, 11) is -0.570. The lowest BCUT2D eigenvalue weighted by atomic mass is 10.5. The Hall–Kier alpha value is 0.350. The summed E-state index contributed by atoms with van der Waals surface area (Å²) >= 11 is 0. The third kappa shape index (κ3) is 3.50. The van der Waals surface area contributed by atoms with E-state index in [1.165, 1.54) is 0 Å². The van der Waals surface area contributed by atoms with E-state index in [0.29, 0.717) is 0 Å². The molecule has 0 radical (unpaired) electrons. The average molecular weight is 178 g/mol. The normalized spacial score (nSPS) is 19.4. The molecule has 2 atom stereocenters. The Kier molecular flexibility index (Phi) is 6.12. The van der Waals surface area contributed by atoms with Gasteiger partial charge in [0.25, 0.3) is 0 Å². The highest BCUT2D eigenvalue weighted by atomic mass is 31.1. The van der Waals surface area contributed by atoms with Crippen molar-refractivity contribution in [2.75, 3.05) is 6.16 Å². The standard InChI is InChI=1S/C8H19O2P/c1-4-7(9)11(6-3)8(10)5-2/h7-10H,4-6H2,1-3H3. The minimum Gasteiger partial charge on any atom is -0.389 e. The maximum Gasteiger partial charge on any atom is 0.0752 e. The molecule has 0 bridgehead atoms. The summed E-state index contributed by atoms with van der Waals surface area (Å²) in [6, 6.07) is 0. The predicted molar refractivity (Wildman–Crippen MR) is 50.1 cm³/mol. The lowest BCUT2D eigenvalue weighted by Gasteiger charge is -2.25. The van der Waals surface area contributed by atoms with Gasteiger partial charge >= 0.3 is 0 Å². The van der Waals surface area contributed by atoms with E-state index in [9.17, 15) is 10.2 Å². The summed E-state index contributed by atoms with van der Waals surface area (Å²) in [6.45, 7) is 5.94. The summed E-state index contributed by atoms with van der Waals surface area (Å²) in [6.07, 6.45) is 2.44. The van der Waals surface area contributed by atoms with Crippen LogP contribution < -0.4 is 0 Å². The van der Waals surface area contributed by atoms with Crippen LogP contribution in [0, 0.1) is 0 Å². The smallest absolute Gasteiger partial charge is 0.0752 e. The van der Waals surface area contributed by atoms with Crippen LogP contribution in [0.1, 0.15) is 33.6 Å². The van der Waals surface area contributed by atoms with Gasteiger partial charge in [0, 0.05) is 0 Å². The molecule has 3 heteroatoms. The molecule has 0 rings (SSSR count). The van der Waals surface area contributed by atoms with Crippen molar-refractivity contribution in [2.24, 2.45) is 0 Å². The number of hydrogen-bond acceptors (Lipinski definition) is 2. The Morgan fingerprint density at radius 1 is 1.00 bits per heavy atom. The Balaban J connectivity index is 3.92. The molecule has 0 heterocycles. The fraction of sp³-hybridized carbons (Fsp3) is 1.00. The van der Waals surface area contributed by atoms with Crippen LogP contribution >= 0.6 is 7.92 Å². The van der Waals surface area contributed by atoms with Crippen LogP contribution in [0.5, 0.6) is 0 Å². The van der Waals surface area contributed by atoms with Crippen molar-refractivity contribution in [1.82, 2.24) is 0 Å². The van der Waals surface area contributed by atoms with Gasteiger partial charge in [-0.3, -0.25) is 0 Å². The summed E-state index contributed by atoms with van der Waals surface area (Å²) in [5.41, 5.74) is 0. The highest BCUT2D eigenvalue weighted by molar-refractivity contribution is 7.58. The number of aliphatic hydroxyl groups excluding tert-OH is 2. The lowest BCUT2D eigenvalue weighted by molar-refractivity contribution is 0.219. The maximum atomic E-state index is 9.49. The van der Waals surface area contributed by atoms with Gasteiger partial charge in [-0.1, -0.05) is 20.8 Å². The van der Waals surface area contributed by atoms with Crippen molar-refractivity contribution in [1.29, 1.82) is 0 Å². The quantitative estimate of drug-likeness (QED) is 0.631. The third-order valence-corrected chi connectivity index (χ3v) is 4.85. The van der Waals surface area contributed by atoms with Gasteiger partial charge < -0.3 is 10.2 Å². The van der Waals surface area contributed by atoms with Crippen LogP contribution in [-0.4, -0.2) is 28.1 Å². The molecule has 0 spiro atoms. The molecule has 11 heavy (non-hydrogen) atoms. The van der Waals surface area contributed by atoms with E-state index < -0.39 is 7.92 Å². The van der Waals surface area contributed by atoms with Crippen LogP contribution in [0.2, 0.25) is 0 Å². The van der Waals surface area contributed by atoms with Crippen molar-refractivity contribution in [3.8, 4) is 0 Å². The highest BCUT2D eigenvalue weighted by Crippen LogP contribution is 2.45. The van der Waals surface area contributed by atoms with E-state index in [0.717, 1.165) is 19.0 Å². The molecule has 0 aliphatic rings. The topological polar surface area (TPSA) is 40.5 Å². The molecule has 0 aromatic rings. The zero-order chi connectivity index (χ0) is 8.85. The Morgan fingerprint density at radius 3 is 1.55 bits per heavy atom. The van der Waals surface area contributed by atoms with E-state index in [2.05, 4.69) is 0 Å². The fourth-order valence-electron chi connectivity index (χ4n) is 1.09. The second-order valence-electron chi connectivity index (χ2n) is 2.61. The Morgan fingerprint density at radius 2 is 1.36 bits per heavy atom. The molecular weight excluding hydrogens is 159 g/mol. The van der Waals surface area contributed by atoms with Crippen molar-refractivity contribution in [3.63, 3.8) is 0 Å². The van der Waals surface area contributed by atoms with Gasteiger partial charge in [-0.05, 0) is 26.9 Å². The van der Waals surface area contributed by atoms with Crippen LogP contribution in [0.15, 0.2) is 0 Å². The minimum absolute atomic E-state index is 0.273. The van der Waals surface area contributed by atoms with Crippen molar-refractivity contribution < 1.29 is 10.2 Å². The van der Waals surface area contributed by atoms with Crippen LogP contribution in [0.4, 0.5) is 0 Å². The monoisotopic (exact) mass is 178 g/mol. The predicted octanol–water partition coefficient (Wildman–Crippen LogP) is 1.94. The van der Waals surface area contributed by atoms with E-state index >= 15 is 0 Å². The summed E-state index contributed by atoms with van der Waals surface area (Å²) in [5.74, 6) is -0.546. The molecule has 2 unspecified atom stereocenters. The van der Waals surface area contributed by atoms with Gasteiger partial charge in [-0.25, -0.2) is 0 Å². The second kappa shape index (κ2) is 5.93. The first-order valence-corrected chi connectivity index (χ1v) is 5.95. The van der Waals surface area contributed by atoms with Crippen molar-refractivity contribution in [3.05, 3.63) is 0 Å². The zero-order valence-electron chi connectivity index (χ0n) is 7.62. The highest BCUT2D eigenvalue weighted by Gasteiger charge is 2.21. The first-order chi connectivity index (χ1) is 5.17. The van der Waals surface area contributed by atoms with Gasteiger partial charge in [0.2, 0.25) is 0 Å². The van der Waals surface area contributed by atoms with Gasteiger partial charge in [-0.15, -0.1) is 0 Å². The minimum atomic E-state index is -0.570. The fourth-order valence-corrected chi connectivity index (χ4v) is 3.27. The molecule has 0 saturated heterocycles. The van der Waals surface area contributed by atoms with Crippen LogP contribution in [-0.2, 0) is 0 Å². The molecule has 68 valence electrons. The van der Waals surface area contributed by atoms with E-state index in [1.807, 2.05) is 20.8 Å². The number of rotatable bonds is 5. The summed E-state index contributed by atoms with van der Waals surface area (Å²) in [4.78, 5) is 0. The van der Waals surface area contributed by atoms with E-state index in [4.69, 9.17) is 0 Å². The molecule has 2 N–H and O–H groups in total. The maximum absolute atomic E-state index is 9.49. The van der Waals surface area contributed by atoms with Gasteiger partial charge in [-0.2, -0.15) is 0 Å². The molecule has 0 amide bonds. The van der Waals surface area contributed by atoms with Crippen LogP contribution in [0.3, 0.4) is 0 Å². The van der Waals surface area contributed by atoms with Crippen molar-refractivity contribution >= 4 is 7.92 Å². The SMILES string of the molecule is CCC(O)P(CC)C(O)CC. The second-order valence-corrected chi connectivity index (χ2v) is 5.46. The van der Waals surface area contributed by atoms with Crippen LogP contribution in [0.25, 0.3) is 0 Å². The molecule has 2 nitrogen and oxygen atoms in total. The molecule has 0 aromatic carbocycles. The molecule has 0 aromatic heterocycles. The lowest BCUT2D eigenvalue weighted by Crippen LogP contribution is -2.14. The molecule has 0 aliphatic carbocycles. The first kappa shape index (κ1) is 11.4. The van der Waals surface area contributed by atoms with Gasteiger partial charge in [0.15, 0.2) is 0 Å². The zero-order valence-corrected chi connectivity index (χ0v) is 8.51. The van der Waals surface area contributed by atoms with E-state index in [1.54, 1.807) is 0 Å². The van der Waals surface area contributed by atoms with E-state index in [-0.39, 0.29) is 11.7 Å². The largest absolute Gasteiger partial charge is 0.389 e. The number of hydrogen-bond donors (Lipinski definition) is 2. The number of aliphatic hydroxyl groups is 2. The first-order valence-electron chi connectivity index (χ1n) is 4.29. The average Bonchev–Trinajstić information content (AvgIpc) is 2.05. The Bertz CT molecular complexity index is 88.1. The summed E-state index contributed by atoms with van der Waals surface area (Å²) < 4.78 is 0. The molecule has 0 fully saturated rings. The third-order valence-electron chi connectivity index (χ3n) is 1.86.